The minimum Gasteiger partial charge on any atom is -0.391 e. The molecule has 5 heteroatoms. The molecule has 0 fully saturated rings. The molecule has 0 aromatic heterocycles. The number of aryl methyl sites for hydroxylation is 1. The molecule has 1 aliphatic rings. The lowest BCUT2D eigenvalue weighted by Gasteiger charge is -2.27. The number of amides is 2. The van der Waals surface area contributed by atoms with E-state index in [2.05, 4.69) is 42.7 Å². The molecule has 24 heavy (non-hydrogen) atoms. The van der Waals surface area contributed by atoms with Crippen LogP contribution in [0, 0.1) is 0 Å². The zero-order valence-corrected chi connectivity index (χ0v) is 15.0. The third-order valence-corrected chi connectivity index (χ3v) is 4.58. The monoisotopic (exact) mass is 334 g/mol. The van der Waals surface area contributed by atoms with Crippen molar-refractivity contribution in [1.29, 1.82) is 0 Å². The largest absolute Gasteiger partial charge is 0.391 e. The summed E-state index contributed by atoms with van der Waals surface area (Å²) >= 11 is 0. The predicted octanol–water partition coefficient (Wildman–Crippen LogP) is 2.88. The van der Waals surface area contributed by atoms with Crippen LogP contribution in [0.4, 0.5) is 4.79 Å². The van der Waals surface area contributed by atoms with E-state index in [1.54, 1.807) is 7.11 Å². The van der Waals surface area contributed by atoms with Crippen LogP contribution < -0.4 is 10.6 Å². The van der Waals surface area contributed by atoms with Crippen molar-refractivity contribution in [2.75, 3.05) is 20.3 Å². The number of methoxy groups -OCH3 is 1. The zero-order valence-electron chi connectivity index (χ0n) is 15.0. The number of rotatable bonds is 7. The smallest absolute Gasteiger partial charge is 0.315 e. The molecular weight excluding hydrogens is 304 g/mol. The topological polar surface area (TPSA) is 70.6 Å². The second-order valence-electron chi connectivity index (χ2n) is 6.86. The molecule has 1 unspecified atom stereocenters. The lowest BCUT2D eigenvalue weighted by Crippen LogP contribution is -2.40. The molecular formula is C19H30N2O3. The third-order valence-electron chi connectivity index (χ3n) is 4.58. The molecule has 2 atom stereocenters. The van der Waals surface area contributed by atoms with Crippen LogP contribution in [0.15, 0.2) is 18.2 Å². The summed E-state index contributed by atoms with van der Waals surface area (Å²) in [6.45, 7) is 5.09. The number of hydrogen-bond acceptors (Lipinski definition) is 3. The highest BCUT2D eigenvalue weighted by Crippen LogP contribution is 2.32. The molecule has 0 heterocycles. The Morgan fingerprint density at radius 2 is 2.21 bits per heavy atom. The van der Waals surface area contributed by atoms with Gasteiger partial charge in [-0.15, -0.1) is 0 Å². The van der Waals surface area contributed by atoms with Crippen LogP contribution in [0.3, 0.4) is 0 Å². The Labute approximate surface area is 144 Å². The van der Waals surface area contributed by atoms with Crippen LogP contribution >= 0.6 is 0 Å². The fourth-order valence-electron chi connectivity index (χ4n) is 3.16. The van der Waals surface area contributed by atoms with Gasteiger partial charge in [0.1, 0.15) is 0 Å². The van der Waals surface area contributed by atoms with Gasteiger partial charge in [0.25, 0.3) is 0 Å². The van der Waals surface area contributed by atoms with E-state index in [1.807, 2.05) is 0 Å². The minimum atomic E-state index is -0.542. The van der Waals surface area contributed by atoms with E-state index >= 15 is 0 Å². The number of fused-ring (bicyclic) bond motifs is 1. The Morgan fingerprint density at radius 1 is 1.42 bits per heavy atom. The van der Waals surface area contributed by atoms with E-state index in [4.69, 9.17) is 4.74 Å². The fourth-order valence-corrected chi connectivity index (χ4v) is 3.16. The van der Waals surface area contributed by atoms with Gasteiger partial charge in [-0.05, 0) is 48.3 Å². The van der Waals surface area contributed by atoms with Crippen molar-refractivity contribution in [3.8, 4) is 0 Å². The van der Waals surface area contributed by atoms with Crippen LogP contribution in [0.5, 0.6) is 0 Å². The van der Waals surface area contributed by atoms with Gasteiger partial charge in [0.2, 0.25) is 0 Å². The molecule has 1 aromatic rings. The van der Waals surface area contributed by atoms with Gasteiger partial charge >= 0.3 is 6.03 Å². The molecule has 5 nitrogen and oxygen atoms in total. The zero-order chi connectivity index (χ0) is 17.5. The quantitative estimate of drug-likeness (QED) is 0.718. The molecule has 2 rings (SSSR count). The first-order chi connectivity index (χ1) is 11.5. The summed E-state index contributed by atoms with van der Waals surface area (Å²) < 4.78 is 4.87. The number of benzene rings is 1. The third kappa shape index (κ3) is 5.21. The normalized spacial score (nSPS) is 18.1. The summed E-state index contributed by atoms with van der Waals surface area (Å²) in [4.78, 5) is 12.1. The maximum Gasteiger partial charge on any atom is 0.315 e. The molecule has 3 N–H and O–H groups in total. The number of aliphatic hydroxyl groups is 1. The highest BCUT2D eigenvalue weighted by atomic mass is 16.5. The first-order valence-corrected chi connectivity index (χ1v) is 8.85. The Bertz CT molecular complexity index is 545. The van der Waals surface area contributed by atoms with E-state index in [9.17, 15) is 9.90 Å². The fraction of sp³-hybridized carbons (Fsp3) is 0.632. The highest BCUT2D eigenvalue weighted by molar-refractivity contribution is 5.74. The van der Waals surface area contributed by atoms with Crippen LogP contribution in [-0.2, 0) is 11.2 Å². The Morgan fingerprint density at radius 3 is 2.92 bits per heavy atom. The first-order valence-electron chi connectivity index (χ1n) is 8.85. The van der Waals surface area contributed by atoms with Gasteiger partial charge in [0.15, 0.2) is 0 Å². The molecule has 0 bridgehead atoms. The van der Waals surface area contributed by atoms with Crippen molar-refractivity contribution >= 4 is 6.03 Å². The van der Waals surface area contributed by atoms with E-state index < -0.39 is 6.10 Å². The van der Waals surface area contributed by atoms with Gasteiger partial charge < -0.3 is 20.5 Å². The second-order valence-corrected chi connectivity index (χ2v) is 6.86. The molecule has 0 saturated heterocycles. The van der Waals surface area contributed by atoms with Gasteiger partial charge in [0.05, 0.1) is 18.8 Å². The minimum absolute atomic E-state index is 0.0661. The van der Waals surface area contributed by atoms with Gasteiger partial charge in [-0.25, -0.2) is 4.79 Å². The van der Waals surface area contributed by atoms with E-state index in [0.29, 0.717) is 18.9 Å². The summed E-state index contributed by atoms with van der Waals surface area (Å²) in [5.74, 6) is 0.481. The lowest BCUT2D eigenvalue weighted by molar-refractivity contribution is 0.0598. The van der Waals surface area contributed by atoms with Crippen LogP contribution in [0.25, 0.3) is 0 Å². The maximum absolute atomic E-state index is 12.1. The van der Waals surface area contributed by atoms with Gasteiger partial charge in [-0.3, -0.25) is 0 Å². The van der Waals surface area contributed by atoms with Gasteiger partial charge in [0, 0.05) is 13.7 Å². The number of nitrogens with one attached hydrogen (secondary N) is 2. The van der Waals surface area contributed by atoms with Crippen molar-refractivity contribution < 1.29 is 14.6 Å². The number of aliphatic hydroxyl groups excluding tert-OH is 1. The van der Waals surface area contributed by atoms with Crippen molar-refractivity contribution in [2.45, 2.75) is 57.6 Å². The standard InChI is InChI=1S/C19H30N2O3/c1-13(2)15-8-7-14-5-4-6-18(17(14)11-15)21-19(23)20-10-9-16(22)12-24-3/h7-8,11,13,16,18,22H,4-6,9-10,12H2,1-3H3,(H2,20,21,23)/t16?,18-/m1/s1. The van der Waals surface area contributed by atoms with Crippen molar-refractivity contribution in [3.05, 3.63) is 34.9 Å². The molecule has 0 radical (unpaired) electrons. The molecule has 1 aromatic carbocycles. The summed E-state index contributed by atoms with van der Waals surface area (Å²) in [6.07, 6.45) is 3.08. The highest BCUT2D eigenvalue weighted by Gasteiger charge is 2.22. The number of carbonyl (C=O) groups is 1. The van der Waals surface area contributed by atoms with Crippen LogP contribution in [0.1, 0.15) is 61.8 Å². The Balaban J connectivity index is 1.92. The molecule has 1 aliphatic carbocycles. The summed E-state index contributed by atoms with van der Waals surface area (Å²) in [5.41, 5.74) is 3.90. The molecule has 134 valence electrons. The molecule has 0 aliphatic heterocycles. The van der Waals surface area contributed by atoms with Crippen LogP contribution in [-0.4, -0.2) is 37.5 Å². The van der Waals surface area contributed by atoms with Gasteiger partial charge in [-0.2, -0.15) is 0 Å². The number of urea groups is 1. The first kappa shape index (κ1) is 18.7. The van der Waals surface area contributed by atoms with Crippen molar-refractivity contribution in [2.24, 2.45) is 0 Å². The number of ether oxygens (including phenoxy) is 1. The summed E-state index contributed by atoms with van der Waals surface area (Å²) in [7, 11) is 1.55. The second kappa shape index (κ2) is 9.04. The average molecular weight is 334 g/mol. The summed E-state index contributed by atoms with van der Waals surface area (Å²) in [5, 5.41) is 15.5. The number of hydrogen-bond donors (Lipinski definition) is 3. The Hall–Kier alpha value is -1.59. The van der Waals surface area contributed by atoms with Crippen molar-refractivity contribution in [3.63, 3.8) is 0 Å². The molecule has 0 saturated carbocycles. The number of carbonyl (C=O) groups excluding carboxylic acids is 1. The maximum atomic E-state index is 12.1. The van der Waals surface area contributed by atoms with E-state index in [0.717, 1.165) is 19.3 Å². The molecule has 2 amide bonds. The Kier molecular flexibility index (Phi) is 7.06. The molecule has 0 spiro atoms. The predicted molar refractivity (Wildman–Crippen MR) is 95.2 cm³/mol. The van der Waals surface area contributed by atoms with Crippen LogP contribution in [0.2, 0.25) is 0 Å². The van der Waals surface area contributed by atoms with Gasteiger partial charge in [-0.1, -0.05) is 32.0 Å². The van der Waals surface area contributed by atoms with E-state index in [1.165, 1.54) is 16.7 Å². The SMILES string of the molecule is COCC(O)CCNC(=O)N[C@@H]1CCCc2ccc(C(C)C)cc21. The lowest BCUT2D eigenvalue weighted by atomic mass is 9.85. The van der Waals surface area contributed by atoms with Crippen molar-refractivity contribution in [1.82, 2.24) is 10.6 Å². The summed E-state index contributed by atoms with van der Waals surface area (Å²) in [6, 6.07) is 6.54. The average Bonchev–Trinajstić information content (AvgIpc) is 2.55. The van der Waals surface area contributed by atoms with E-state index in [-0.39, 0.29) is 18.7 Å².